The largest absolute Gasteiger partial charge is 0.508 e. The minimum absolute atomic E-state index is 0.0133. The van der Waals surface area contributed by atoms with Gasteiger partial charge in [0.25, 0.3) is 0 Å². The van der Waals surface area contributed by atoms with E-state index in [2.05, 4.69) is 31.9 Å². The number of ether oxygens (including phenoxy) is 3. The zero-order valence-electron chi connectivity index (χ0n) is 46.9. The molecule has 7 rings (SSSR count). The summed E-state index contributed by atoms with van der Waals surface area (Å²) in [6.45, 7) is 7.95. The number of hydrogen-bond donors (Lipinski definition) is 8. The van der Waals surface area contributed by atoms with E-state index in [-0.39, 0.29) is 55.3 Å². The molecule has 82 heavy (non-hydrogen) atoms. The van der Waals surface area contributed by atoms with Crippen LogP contribution in [-0.2, 0) is 56.7 Å². The van der Waals surface area contributed by atoms with Crippen LogP contribution in [0.15, 0.2) is 121 Å². The van der Waals surface area contributed by atoms with Crippen molar-refractivity contribution in [3.63, 3.8) is 0 Å². The van der Waals surface area contributed by atoms with E-state index in [1.165, 1.54) is 18.2 Å². The lowest BCUT2D eigenvalue weighted by Gasteiger charge is -2.36. The van der Waals surface area contributed by atoms with Crippen LogP contribution < -0.4 is 47.1 Å². The number of phenols is 1. The molecule has 0 radical (unpaired) electrons. The summed E-state index contributed by atoms with van der Waals surface area (Å²) in [6, 6.07) is 27.1. The van der Waals surface area contributed by atoms with E-state index in [1.54, 1.807) is 72.8 Å². The Labute approximate surface area is 478 Å². The second-order valence-electron chi connectivity index (χ2n) is 21.2. The number of nitrogens with one attached hydrogen (secondary N) is 6. The highest BCUT2D eigenvalue weighted by molar-refractivity contribution is 5.98. The first-order valence-corrected chi connectivity index (χ1v) is 28.3. The quantitative estimate of drug-likeness (QED) is 0.0106. The van der Waals surface area contributed by atoms with Gasteiger partial charge in [-0.25, -0.2) is 9.59 Å². The number of unbranched alkanes of at least 4 members (excludes halogenated alkanes) is 3. The molecule has 434 valence electrons. The molecular weight excluding hydrogens is 1050 g/mol. The van der Waals surface area contributed by atoms with E-state index in [1.807, 2.05) is 58.0 Å². The molecule has 7 atom stereocenters. The molecule has 19 nitrogen and oxygen atoms in total. The van der Waals surface area contributed by atoms with Crippen molar-refractivity contribution in [1.82, 2.24) is 31.9 Å². The summed E-state index contributed by atoms with van der Waals surface area (Å²) in [4.78, 5) is 111. The van der Waals surface area contributed by atoms with Gasteiger partial charge in [-0.05, 0) is 98.5 Å². The van der Waals surface area contributed by atoms with Crippen molar-refractivity contribution in [3.05, 3.63) is 155 Å². The zero-order valence-corrected chi connectivity index (χ0v) is 46.9. The Morgan fingerprint density at radius 3 is 1.76 bits per heavy atom. The lowest BCUT2D eigenvalue weighted by molar-refractivity contribution is -0.140. The van der Waals surface area contributed by atoms with Gasteiger partial charge in [-0.15, -0.1) is 0 Å². The van der Waals surface area contributed by atoms with Gasteiger partial charge in [0.1, 0.15) is 59.2 Å². The summed E-state index contributed by atoms with van der Waals surface area (Å²) in [6.07, 6.45) is 4.65. The molecule has 2 aliphatic heterocycles. The molecule has 1 spiro atoms. The van der Waals surface area contributed by atoms with E-state index in [4.69, 9.17) is 19.9 Å². The summed E-state index contributed by atoms with van der Waals surface area (Å²) in [5.41, 5.74) is 7.93. The van der Waals surface area contributed by atoms with Gasteiger partial charge in [0, 0.05) is 35.6 Å². The van der Waals surface area contributed by atoms with Crippen LogP contribution in [0.3, 0.4) is 0 Å². The maximum absolute atomic E-state index is 14.7. The normalized spacial score (nSPS) is 16.0. The fourth-order valence-corrected chi connectivity index (χ4v) is 10.3. The van der Waals surface area contributed by atoms with Gasteiger partial charge in [-0.2, -0.15) is 0 Å². The molecule has 0 saturated heterocycles. The van der Waals surface area contributed by atoms with Gasteiger partial charge in [-0.3, -0.25) is 28.8 Å². The fraction of sp³-hybridized carbons (Fsp3) is 0.397. The molecule has 5 aromatic rings. The summed E-state index contributed by atoms with van der Waals surface area (Å²) in [7, 11) is 0. The second-order valence-corrected chi connectivity index (χ2v) is 21.2. The van der Waals surface area contributed by atoms with Crippen LogP contribution in [0, 0.1) is 5.92 Å². The van der Waals surface area contributed by atoms with Crippen LogP contribution in [0.2, 0.25) is 0 Å². The molecule has 0 bridgehead atoms. The Hall–Kier alpha value is -8.58. The Morgan fingerprint density at radius 2 is 1.11 bits per heavy atom. The summed E-state index contributed by atoms with van der Waals surface area (Å²) in [5.74, 6) is -4.00. The third-order valence-corrected chi connectivity index (χ3v) is 14.5. The first kappa shape index (κ1) is 61.0. The number of nitrogens with two attached hydrogens (primary N) is 1. The average molecular weight is 1120 g/mol. The Bertz CT molecular complexity index is 3050. The number of phenolic OH excluding ortho intramolecular Hbond substituents is 1. The van der Waals surface area contributed by atoms with Gasteiger partial charge in [-0.1, -0.05) is 132 Å². The molecule has 2 aliphatic rings. The number of rotatable bonds is 30. The van der Waals surface area contributed by atoms with Crippen molar-refractivity contribution in [3.8, 4) is 23.0 Å². The predicted molar refractivity (Wildman–Crippen MR) is 306 cm³/mol. The highest BCUT2D eigenvalue weighted by Crippen LogP contribution is 2.56. The maximum atomic E-state index is 14.7. The van der Waals surface area contributed by atoms with Crippen LogP contribution in [0.4, 0.5) is 0 Å². The first-order valence-electron chi connectivity index (χ1n) is 28.3. The molecular formula is C63H75N7O12. The van der Waals surface area contributed by atoms with Gasteiger partial charge < -0.3 is 57.0 Å². The summed E-state index contributed by atoms with van der Waals surface area (Å²) >= 11 is 0. The molecule has 19 heteroatoms. The second kappa shape index (κ2) is 29.2. The minimum atomic E-state index is -1.35. The monoisotopic (exact) mass is 1120 g/mol. The average Bonchev–Trinajstić information content (AvgIpc) is 2.09. The van der Waals surface area contributed by atoms with Crippen molar-refractivity contribution in [2.75, 3.05) is 6.54 Å². The number of esters is 2. The highest BCUT2D eigenvalue weighted by Gasteiger charge is 2.53. The Kier molecular flexibility index (Phi) is 21.8. The predicted octanol–water partition coefficient (Wildman–Crippen LogP) is 6.45. The van der Waals surface area contributed by atoms with E-state index in [9.17, 15) is 43.5 Å². The van der Waals surface area contributed by atoms with E-state index >= 15 is 0 Å². The van der Waals surface area contributed by atoms with Gasteiger partial charge in [0.15, 0.2) is 5.60 Å². The highest BCUT2D eigenvalue weighted by atomic mass is 16.6. The van der Waals surface area contributed by atoms with Gasteiger partial charge >= 0.3 is 11.9 Å². The number of fused-ring (bicyclic) bond motifs is 6. The molecule has 1 unspecified atom stereocenters. The van der Waals surface area contributed by atoms with Crippen molar-refractivity contribution >= 4 is 47.9 Å². The number of aromatic hydroxyl groups is 1. The zero-order chi connectivity index (χ0) is 58.8. The number of benzene rings is 5. The molecule has 0 aliphatic carbocycles. The van der Waals surface area contributed by atoms with Crippen molar-refractivity contribution in [2.45, 2.75) is 147 Å². The minimum Gasteiger partial charge on any atom is -0.508 e. The molecule has 0 saturated carbocycles. The smallest absolute Gasteiger partial charge is 0.340 e. The SMILES string of the molecule is CCCC[C@H](NC=O)C(=O)N[C@@H](CC(C)C)C(=O)N[C@@H](Cc1ccccc1)C(=O)N[C@@H](CCCC)C(=O)N[C@@H](Cc1ccc(O)cc1)C(=O)N[C@@H](CCCCN)C(=O)Oc1ccc2c(c1)Oc1ccccc1C21OC(=O)c2ccccc21. The molecule has 0 fully saturated rings. The number of para-hydroxylation sites is 1. The molecule has 0 aromatic heterocycles. The summed E-state index contributed by atoms with van der Waals surface area (Å²) in [5, 5.41) is 26.8. The molecule has 2 heterocycles. The van der Waals surface area contributed by atoms with Crippen LogP contribution >= 0.6 is 0 Å². The number of hydrogen-bond acceptors (Lipinski definition) is 13. The van der Waals surface area contributed by atoms with Crippen molar-refractivity contribution < 1.29 is 57.7 Å². The third kappa shape index (κ3) is 15.4. The number of amides is 6. The lowest BCUT2D eigenvalue weighted by Crippen LogP contribution is -2.60. The first-order chi connectivity index (χ1) is 39.6. The maximum Gasteiger partial charge on any atom is 0.340 e. The van der Waals surface area contributed by atoms with Crippen molar-refractivity contribution in [2.24, 2.45) is 11.7 Å². The van der Waals surface area contributed by atoms with Crippen LogP contribution in [0.5, 0.6) is 23.0 Å². The molecule has 9 N–H and O–H groups in total. The van der Waals surface area contributed by atoms with Crippen LogP contribution in [0.1, 0.15) is 130 Å². The standard InChI is InChI=1S/C63H75N7O12/c1-5-7-23-48(65-38-71)56(73)68-51(34-39(3)4)58(75)70-52(35-40-18-10-9-11-19-40)59(76)66-49(24-8-6-2)57(74)69-53(36-41-27-29-42(72)30-28-41)60(77)67-50(25-16-17-33-64)62(79)80-43-31-32-47-55(37-43)81-54-26-15-14-22-46(54)63(47)45-21-13-12-20-44(45)61(78)82-63/h9-15,18-22,26-32,37-39,48-53,72H,5-8,16-17,23-25,33-36,64H2,1-4H3,(H,65,71)(H,66,76)(H,67,77)(H,68,73)(H,69,74)(H,70,75)/t48-,49-,50-,51-,52-,53-,63?/m0/s1. The Morgan fingerprint density at radius 1 is 0.585 bits per heavy atom. The Balaban J connectivity index is 1.12. The lowest BCUT2D eigenvalue weighted by atomic mass is 9.78. The van der Waals surface area contributed by atoms with Gasteiger partial charge in [0.2, 0.25) is 35.9 Å². The number of carbonyl (C=O) groups excluding carboxylic acids is 8. The molecule has 6 amide bonds. The number of carbonyl (C=O) groups is 8. The van der Waals surface area contributed by atoms with E-state index < -0.39 is 83.3 Å². The topological polar surface area (TPSA) is 283 Å². The third-order valence-electron chi connectivity index (χ3n) is 14.5. The van der Waals surface area contributed by atoms with Crippen LogP contribution in [0.25, 0.3) is 0 Å². The van der Waals surface area contributed by atoms with Gasteiger partial charge in [0.05, 0.1) is 5.56 Å². The summed E-state index contributed by atoms with van der Waals surface area (Å²) < 4.78 is 18.6. The van der Waals surface area contributed by atoms with Crippen molar-refractivity contribution in [1.29, 1.82) is 0 Å². The van der Waals surface area contributed by atoms with E-state index in [0.29, 0.717) is 90.6 Å². The van der Waals surface area contributed by atoms with Crippen LogP contribution in [-0.4, -0.2) is 95.8 Å². The van der Waals surface area contributed by atoms with E-state index in [0.717, 1.165) is 6.42 Å². The fourth-order valence-electron chi connectivity index (χ4n) is 10.3. The molecule has 5 aromatic carbocycles.